The molecule has 124 valence electrons. The molecule has 0 fully saturated rings. The van der Waals surface area contributed by atoms with Crippen LogP contribution >= 0.6 is 0 Å². The molecule has 3 aromatic heterocycles. The average molecular weight is 336 g/mol. The van der Waals surface area contributed by atoms with E-state index >= 15 is 0 Å². The normalized spacial score (nSPS) is 11.2. The molecule has 0 radical (unpaired) electrons. The molecule has 0 unspecified atom stereocenters. The molecule has 0 atom stereocenters. The Kier molecular flexibility index (Phi) is 3.22. The summed E-state index contributed by atoms with van der Waals surface area (Å²) in [4.78, 5) is 12.7. The van der Waals surface area contributed by atoms with Crippen molar-refractivity contribution in [3.05, 3.63) is 79.0 Å². The van der Waals surface area contributed by atoms with Crippen LogP contribution in [0.15, 0.2) is 79.0 Å². The van der Waals surface area contributed by atoms with Crippen LogP contribution in [0.25, 0.3) is 44.5 Å². The van der Waals surface area contributed by atoms with E-state index in [1.807, 2.05) is 48.5 Å². The first kappa shape index (κ1) is 14.7. The zero-order valence-electron chi connectivity index (χ0n) is 14.0. The maximum Gasteiger partial charge on any atom is 0.139 e. The third-order valence-electron chi connectivity index (χ3n) is 4.64. The number of nitrogens with one attached hydrogen (secondary N) is 1. The minimum Gasteiger partial charge on any atom is -0.399 e. The highest BCUT2D eigenvalue weighted by Crippen LogP contribution is 2.33. The van der Waals surface area contributed by atoms with Crippen LogP contribution in [0.1, 0.15) is 0 Å². The van der Waals surface area contributed by atoms with Gasteiger partial charge in [0.15, 0.2) is 0 Å². The van der Waals surface area contributed by atoms with Crippen molar-refractivity contribution in [3.8, 4) is 22.5 Å². The lowest BCUT2D eigenvalue weighted by Crippen LogP contribution is -1.86. The molecule has 0 spiro atoms. The van der Waals surface area contributed by atoms with Gasteiger partial charge in [-0.3, -0.25) is 4.98 Å². The number of H-pyrrole nitrogens is 1. The Hall–Kier alpha value is -3.66. The lowest BCUT2D eigenvalue weighted by atomic mass is 10.0. The molecule has 0 saturated heterocycles. The summed E-state index contributed by atoms with van der Waals surface area (Å²) >= 11 is 0. The highest BCUT2D eigenvalue weighted by Gasteiger charge is 2.11. The standard InChI is InChI=1S/C22H16N4/c23-15-9-7-14(8-10-15)16-4-3-5-17-18-11-12-20(19-6-1-2-13-24-19)25-22(18)26-21(16)17/h1-13H,23H2,(H,25,26). The zero-order chi connectivity index (χ0) is 17.5. The first-order valence-electron chi connectivity index (χ1n) is 8.48. The molecule has 5 aromatic rings. The van der Waals surface area contributed by atoms with Crippen LogP contribution in [0.2, 0.25) is 0 Å². The Bertz CT molecular complexity index is 1220. The molecule has 3 heterocycles. The predicted molar refractivity (Wildman–Crippen MR) is 107 cm³/mol. The number of rotatable bonds is 2. The Morgan fingerprint density at radius 1 is 0.731 bits per heavy atom. The van der Waals surface area contributed by atoms with Crippen LogP contribution < -0.4 is 5.73 Å². The molecule has 0 aliphatic rings. The van der Waals surface area contributed by atoms with E-state index in [1.165, 1.54) is 0 Å². The number of nitrogens with two attached hydrogens (primary N) is 1. The minimum absolute atomic E-state index is 0.763. The van der Waals surface area contributed by atoms with Gasteiger partial charge in [-0.15, -0.1) is 0 Å². The molecule has 2 aromatic carbocycles. The highest BCUT2D eigenvalue weighted by molar-refractivity contribution is 6.11. The van der Waals surface area contributed by atoms with Gasteiger partial charge in [0.25, 0.3) is 0 Å². The van der Waals surface area contributed by atoms with Gasteiger partial charge in [0, 0.05) is 28.2 Å². The number of hydrogen-bond donors (Lipinski definition) is 2. The summed E-state index contributed by atoms with van der Waals surface area (Å²) in [5.74, 6) is 0. The average Bonchev–Trinajstić information content (AvgIpc) is 3.07. The number of aromatic nitrogens is 3. The van der Waals surface area contributed by atoms with Gasteiger partial charge in [0.05, 0.1) is 16.9 Å². The molecule has 0 saturated carbocycles. The topological polar surface area (TPSA) is 67.6 Å². The second-order valence-corrected chi connectivity index (χ2v) is 6.28. The van der Waals surface area contributed by atoms with Gasteiger partial charge in [0.2, 0.25) is 0 Å². The van der Waals surface area contributed by atoms with Crippen molar-refractivity contribution in [2.24, 2.45) is 0 Å². The smallest absolute Gasteiger partial charge is 0.139 e. The minimum atomic E-state index is 0.763. The SMILES string of the molecule is Nc1ccc(-c2cccc3c2[nH]c2nc(-c4ccccn4)ccc23)cc1. The number of pyridine rings is 2. The van der Waals surface area contributed by atoms with Crippen LogP contribution in [-0.2, 0) is 0 Å². The molecule has 0 aliphatic carbocycles. The molecule has 5 rings (SSSR count). The van der Waals surface area contributed by atoms with Crippen molar-refractivity contribution < 1.29 is 0 Å². The molecular formula is C22H16N4. The molecule has 3 N–H and O–H groups in total. The number of aromatic amines is 1. The summed E-state index contributed by atoms with van der Waals surface area (Å²) in [6, 6.07) is 24.2. The second-order valence-electron chi connectivity index (χ2n) is 6.28. The fourth-order valence-corrected chi connectivity index (χ4v) is 3.36. The Balaban J connectivity index is 1.73. The largest absolute Gasteiger partial charge is 0.399 e. The van der Waals surface area contributed by atoms with Crippen molar-refractivity contribution in [3.63, 3.8) is 0 Å². The van der Waals surface area contributed by atoms with Crippen molar-refractivity contribution in [2.75, 3.05) is 5.73 Å². The summed E-state index contributed by atoms with van der Waals surface area (Å²) in [7, 11) is 0. The van der Waals surface area contributed by atoms with E-state index in [0.717, 1.165) is 50.1 Å². The fraction of sp³-hybridized carbons (Fsp3) is 0. The first-order valence-corrected chi connectivity index (χ1v) is 8.48. The summed E-state index contributed by atoms with van der Waals surface area (Å²) in [6.07, 6.45) is 1.78. The lowest BCUT2D eigenvalue weighted by molar-refractivity contribution is 1.26. The third-order valence-corrected chi connectivity index (χ3v) is 4.64. The molecule has 0 bridgehead atoms. The molecule has 26 heavy (non-hydrogen) atoms. The van der Waals surface area contributed by atoms with E-state index in [4.69, 9.17) is 10.7 Å². The third kappa shape index (κ3) is 2.31. The number of nitrogens with zero attached hydrogens (tertiary/aromatic N) is 2. The fourth-order valence-electron chi connectivity index (χ4n) is 3.36. The Labute approximate surface area is 150 Å². The van der Waals surface area contributed by atoms with Crippen molar-refractivity contribution in [1.82, 2.24) is 15.0 Å². The van der Waals surface area contributed by atoms with Crippen LogP contribution in [0.5, 0.6) is 0 Å². The van der Waals surface area contributed by atoms with E-state index in [2.05, 4.69) is 34.2 Å². The monoisotopic (exact) mass is 336 g/mol. The van der Waals surface area contributed by atoms with Gasteiger partial charge < -0.3 is 10.7 Å². The number of nitrogen functional groups attached to an aromatic ring is 1. The maximum absolute atomic E-state index is 5.83. The summed E-state index contributed by atoms with van der Waals surface area (Å²) in [5, 5.41) is 2.27. The van der Waals surface area contributed by atoms with Gasteiger partial charge in [-0.05, 0) is 42.0 Å². The van der Waals surface area contributed by atoms with E-state index in [0.29, 0.717) is 0 Å². The van der Waals surface area contributed by atoms with Crippen LogP contribution in [0.4, 0.5) is 5.69 Å². The van der Waals surface area contributed by atoms with Gasteiger partial charge >= 0.3 is 0 Å². The maximum atomic E-state index is 5.83. The van der Waals surface area contributed by atoms with Crippen LogP contribution in [0, 0.1) is 0 Å². The quantitative estimate of drug-likeness (QED) is 0.444. The second kappa shape index (κ2) is 5.70. The summed E-state index contributed by atoms with van der Waals surface area (Å²) in [5.41, 5.74) is 12.5. The molecule has 0 aliphatic heterocycles. The van der Waals surface area contributed by atoms with E-state index in [-0.39, 0.29) is 0 Å². The Morgan fingerprint density at radius 3 is 2.42 bits per heavy atom. The molecule has 0 amide bonds. The van der Waals surface area contributed by atoms with Crippen molar-refractivity contribution in [1.29, 1.82) is 0 Å². The lowest BCUT2D eigenvalue weighted by Gasteiger charge is -2.04. The van der Waals surface area contributed by atoms with E-state index < -0.39 is 0 Å². The van der Waals surface area contributed by atoms with Crippen molar-refractivity contribution >= 4 is 27.6 Å². The van der Waals surface area contributed by atoms with Crippen LogP contribution in [0.3, 0.4) is 0 Å². The number of para-hydroxylation sites is 1. The van der Waals surface area contributed by atoms with Gasteiger partial charge in [-0.2, -0.15) is 0 Å². The van der Waals surface area contributed by atoms with Crippen LogP contribution in [-0.4, -0.2) is 15.0 Å². The molecular weight excluding hydrogens is 320 g/mol. The predicted octanol–water partition coefficient (Wildman–Crippen LogP) is 5.03. The van der Waals surface area contributed by atoms with Gasteiger partial charge in [0.1, 0.15) is 5.65 Å². The summed E-state index contributed by atoms with van der Waals surface area (Å²) in [6.45, 7) is 0. The number of benzene rings is 2. The highest BCUT2D eigenvalue weighted by atomic mass is 14.9. The number of anilines is 1. The van der Waals surface area contributed by atoms with Gasteiger partial charge in [-0.1, -0.05) is 36.4 Å². The Morgan fingerprint density at radius 2 is 1.62 bits per heavy atom. The first-order chi connectivity index (χ1) is 12.8. The van der Waals surface area contributed by atoms with Gasteiger partial charge in [-0.25, -0.2) is 4.98 Å². The van der Waals surface area contributed by atoms with E-state index in [9.17, 15) is 0 Å². The number of hydrogen-bond acceptors (Lipinski definition) is 3. The van der Waals surface area contributed by atoms with Crippen molar-refractivity contribution in [2.45, 2.75) is 0 Å². The number of fused-ring (bicyclic) bond motifs is 3. The van der Waals surface area contributed by atoms with E-state index in [1.54, 1.807) is 6.20 Å². The summed E-state index contributed by atoms with van der Waals surface area (Å²) < 4.78 is 0. The molecule has 4 nitrogen and oxygen atoms in total. The zero-order valence-corrected chi connectivity index (χ0v) is 14.0. The molecule has 4 heteroatoms.